The van der Waals surface area contributed by atoms with Gasteiger partial charge in [0.2, 0.25) is 0 Å². The second kappa shape index (κ2) is 8.83. The fourth-order valence-corrected chi connectivity index (χ4v) is 3.14. The van der Waals surface area contributed by atoms with Crippen molar-refractivity contribution < 1.29 is 29.7 Å². The first-order valence-electron chi connectivity index (χ1n) is 8.05. The van der Waals surface area contributed by atoms with Crippen LogP contribution in [0.3, 0.4) is 0 Å². The van der Waals surface area contributed by atoms with E-state index in [1.165, 1.54) is 0 Å². The summed E-state index contributed by atoms with van der Waals surface area (Å²) in [6.07, 6.45) is 3.03. The summed E-state index contributed by atoms with van der Waals surface area (Å²) in [5.41, 5.74) is -1.37. The fourth-order valence-electron chi connectivity index (χ4n) is 3.14. The monoisotopic (exact) mass is 330 g/mol. The molecule has 1 heterocycles. The number of carboxylic acids is 3. The lowest BCUT2D eigenvalue weighted by atomic mass is 10.0. The summed E-state index contributed by atoms with van der Waals surface area (Å²) in [7, 11) is 0. The Bertz CT molecular complexity index is 442. The third kappa shape index (κ3) is 4.90. The van der Waals surface area contributed by atoms with E-state index in [1.807, 2.05) is 6.92 Å². The second-order valence-electron chi connectivity index (χ2n) is 5.88. The highest BCUT2D eigenvalue weighted by atomic mass is 16.4. The minimum Gasteiger partial charge on any atom is -0.481 e. The predicted molar refractivity (Wildman–Crippen MR) is 82.1 cm³/mol. The van der Waals surface area contributed by atoms with Gasteiger partial charge in [0.25, 0.3) is 0 Å². The highest BCUT2D eigenvalue weighted by Gasteiger charge is 2.51. The molecule has 1 aliphatic rings. The van der Waals surface area contributed by atoms with Gasteiger partial charge in [-0.05, 0) is 38.6 Å². The van der Waals surface area contributed by atoms with Crippen LogP contribution in [0.25, 0.3) is 0 Å². The Morgan fingerprint density at radius 2 is 1.91 bits per heavy atom. The molecule has 2 unspecified atom stereocenters. The molecule has 2 atom stereocenters. The first kappa shape index (κ1) is 19.4. The summed E-state index contributed by atoms with van der Waals surface area (Å²) in [6, 6.07) is -0.829. The maximum atomic E-state index is 11.8. The molecule has 0 aromatic rings. The standard InChI is InChI=1S/C15H26N2O6/c1-2-6-11(13(20)21)17-10-5-8-15(17,14(22)23)16-9-4-3-7-12(18)19/h11,16H,2-10H2,1H3,(H,18,19)(H,20,21)(H,22,23). The van der Waals surface area contributed by atoms with E-state index in [2.05, 4.69) is 5.32 Å². The van der Waals surface area contributed by atoms with E-state index in [0.29, 0.717) is 51.6 Å². The average molecular weight is 330 g/mol. The van der Waals surface area contributed by atoms with Crippen molar-refractivity contribution in [3.05, 3.63) is 0 Å². The zero-order chi connectivity index (χ0) is 17.5. The molecule has 0 bridgehead atoms. The molecule has 0 aromatic heterocycles. The smallest absolute Gasteiger partial charge is 0.339 e. The number of likely N-dealkylation sites (tertiary alicyclic amines) is 1. The average Bonchev–Trinajstić information content (AvgIpc) is 2.88. The molecule has 8 nitrogen and oxygen atoms in total. The molecule has 1 saturated heterocycles. The molecular weight excluding hydrogens is 304 g/mol. The van der Waals surface area contributed by atoms with Gasteiger partial charge in [-0.15, -0.1) is 0 Å². The van der Waals surface area contributed by atoms with Crippen LogP contribution >= 0.6 is 0 Å². The maximum absolute atomic E-state index is 11.8. The quantitative estimate of drug-likeness (QED) is 0.413. The van der Waals surface area contributed by atoms with Crippen molar-refractivity contribution in [2.45, 2.75) is 63.6 Å². The number of hydrogen-bond donors (Lipinski definition) is 4. The molecule has 0 amide bonds. The lowest BCUT2D eigenvalue weighted by molar-refractivity contribution is -0.159. The van der Waals surface area contributed by atoms with E-state index >= 15 is 0 Å². The van der Waals surface area contributed by atoms with Crippen LogP contribution in [0.2, 0.25) is 0 Å². The second-order valence-corrected chi connectivity index (χ2v) is 5.88. The molecule has 0 radical (unpaired) electrons. The Morgan fingerprint density at radius 3 is 2.43 bits per heavy atom. The summed E-state index contributed by atoms with van der Waals surface area (Å²) in [5, 5.41) is 30.7. The van der Waals surface area contributed by atoms with Crippen molar-refractivity contribution in [3.63, 3.8) is 0 Å². The van der Waals surface area contributed by atoms with Gasteiger partial charge < -0.3 is 15.3 Å². The van der Waals surface area contributed by atoms with E-state index < -0.39 is 29.6 Å². The molecule has 1 rings (SSSR count). The van der Waals surface area contributed by atoms with Gasteiger partial charge in [0, 0.05) is 13.0 Å². The number of hydrogen-bond acceptors (Lipinski definition) is 5. The van der Waals surface area contributed by atoms with Crippen LogP contribution in [0.1, 0.15) is 51.9 Å². The number of carbonyl (C=O) groups is 3. The van der Waals surface area contributed by atoms with Crippen LogP contribution in [0.4, 0.5) is 0 Å². The van der Waals surface area contributed by atoms with Crippen molar-refractivity contribution in [2.75, 3.05) is 13.1 Å². The van der Waals surface area contributed by atoms with Gasteiger partial charge in [-0.25, -0.2) is 4.79 Å². The minimum absolute atomic E-state index is 0.0407. The maximum Gasteiger partial charge on any atom is 0.339 e. The van der Waals surface area contributed by atoms with E-state index in [9.17, 15) is 24.6 Å². The van der Waals surface area contributed by atoms with Crippen molar-refractivity contribution in [3.8, 4) is 0 Å². The van der Waals surface area contributed by atoms with Crippen LogP contribution in [0.15, 0.2) is 0 Å². The van der Waals surface area contributed by atoms with Crippen LogP contribution in [-0.2, 0) is 14.4 Å². The van der Waals surface area contributed by atoms with Gasteiger partial charge in [-0.3, -0.25) is 19.8 Å². The van der Waals surface area contributed by atoms with Crippen molar-refractivity contribution in [1.82, 2.24) is 10.2 Å². The Hall–Kier alpha value is -1.67. The Balaban J connectivity index is 2.78. The number of aliphatic carboxylic acids is 3. The van der Waals surface area contributed by atoms with Gasteiger partial charge in [-0.2, -0.15) is 0 Å². The summed E-state index contributed by atoms with van der Waals surface area (Å²) < 4.78 is 0. The number of unbranched alkanes of at least 4 members (excludes halogenated alkanes) is 1. The largest absolute Gasteiger partial charge is 0.481 e. The lowest BCUT2D eigenvalue weighted by Gasteiger charge is -2.39. The third-order valence-electron chi connectivity index (χ3n) is 4.24. The SMILES string of the molecule is CCCC(C(=O)O)N1CCCC1(NCCCCC(=O)O)C(=O)O. The van der Waals surface area contributed by atoms with E-state index in [-0.39, 0.29) is 6.42 Å². The molecule has 0 spiro atoms. The highest BCUT2D eigenvalue weighted by molar-refractivity contribution is 5.81. The Kier molecular flexibility index (Phi) is 7.44. The van der Waals surface area contributed by atoms with Gasteiger partial charge in [-0.1, -0.05) is 13.3 Å². The molecule has 8 heteroatoms. The van der Waals surface area contributed by atoms with Gasteiger partial charge in [0.1, 0.15) is 6.04 Å². The molecule has 0 aromatic carbocycles. The summed E-state index contributed by atoms with van der Waals surface area (Å²) in [5.74, 6) is -2.96. The van der Waals surface area contributed by atoms with Crippen molar-refractivity contribution in [2.24, 2.45) is 0 Å². The first-order chi connectivity index (χ1) is 10.8. The highest BCUT2D eigenvalue weighted by Crippen LogP contribution is 2.31. The lowest BCUT2D eigenvalue weighted by Crippen LogP contribution is -2.64. The summed E-state index contributed by atoms with van der Waals surface area (Å²) in [4.78, 5) is 35.4. The predicted octanol–water partition coefficient (Wildman–Crippen LogP) is 0.961. The summed E-state index contributed by atoms with van der Waals surface area (Å²) in [6.45, 7) is 2.63. The molecule has 4 N–H and O–H groups in total. The van der Waals surface area contributed by atoms with Gasteiger partial charge >= 0.3 is 17.9 Å². The van der Waals surface area contributed by atoms with Crippen LogP contribution in [0.5, 0.6) is 0 Å². The molecular formula is C15H26N2O6. The number of rotatable bonds is 11. The van der Waals surface area contributed by atoms with Gasteiger partial charge in [0.05, 0.1) is 0 Å². The van der Waals surface area contributed by atoms with Crippen molar-refractivity contribution in [1.29, 1.82) is 0 Å². The summed E-state index contributed by atoms with van der Waals surface area (Å²) >= 11 is 0. The molecule has 132 valence electrons. The third-order valence-corrected chi connectivity index (χ3v) is 4.24. The van der Waals surface area contributed by atoms with Gasteiger partial charge in [0.15, 0.2) is 5.66 Å². The Morgan fingerprint density at radius 1 is 1.22 bits per heavy atom. The van der Waals surface area contributed by atoms with Crippen LogP contribution in [-0.4, -0.2) is 62.9 Å². The van der Waals surface area contributed by atoms with Crippen LogP contribution < -0.4 is 5.32 Å². The van der Waals surface area contributed by atoms with Crippen LogP contribution in [0, 0.1) is 0 Å². The van der Waals surface area contributed by atoms with E-state index in [0.717, 1.165) is 0 Å². The molecule has 0 saturated carbocycles. The number of carboxylic acid groups (broad SMARTS) is 3. The first-order valence-corrected chi connectivity index (χ1v) is 8.05. The number of nitrogens with one attached hydrogen (secondary N) is 1. The zero-order valence-electron chi connectivity index (χ0n) is 13.5. The van der Waals surface area contributed by atoms with E-state index in [1.54, 1.807) is 4.90 Å². The molecule has 1 fully saturated rings. The number of nitrogens with zero attached hydrogens (tertiary/aromatic N) is 1. The van der Waals surface area contributed by atoms with Crippen molar-refractivity contribution >= 4 is 17.9 Å². The topological polar surface area (TPSA) is 127 Å². The normalized spacial score (nSPS) is 22.8. The Labute approximate surface area is 135 Å². The molecule has 0 aliphatic carbocycles. The fraction of sp³-hybridized carbons (Fsp3) is 0.800. The molecule has 23 heavy (non-hydrogen) atoms. The molecule has 1 aliphatic heterocycles. The van der Waals surface area contributed by atoms with E-state index in [4.69, 9.17) is 5.11 Å². The minimum atomic E-state index is -1.37. The zero-order valence-corrected chi connectivity index (χ0v) is 13.5.